The SMILES string of the molecule is C[C@@H](N[C@@H](CO)c1ccccc1)C(=O)N(C)C1CCCCC1. The molecule has 4 heteroatoms. The minimum absolute atomic E-state index is 0.0191. The number of amides is 1. The lowest BCUT2D eigenvalue weighted by Crippen LogP contribution is -2.49. The fourth-order valence-electron chi connectivity index (χ4n) is 3.27. The molecule has 22 heavy (non-hydrogen) atoms. The van der Waals surface area contributed by atoms with Crippen molar-refractivity contribution < 1.29 is 9.90 Å². The summed E-state index contributed by atoms with van der Waals surface area (Å²) in [7, 11) is 1.91. The first-order valence-corrected chi connectivity index (χ1v) is 8.32. The molecule has 0 spiro atoms. The summed E-state index contributed by atoms with van der Waals surface area (Å²) in [5.74, 6) is 0.112. The van der Waals surface area contributed by atoms with Crippen LogP contribution in [0.15, 0.2) is 30.3 Å². The molecule has 1 aliphatic rings. The molecule has 1 aromatic rings. The highest BCUT2D eigenvalue weighted by Gasteiger charge is 2.26. The van der Waals surface area contributed by atoms with Crippen molar-refractivity contribution in [2.24, 2.45) is 0 Å². The predicted octanol–water partition coefficient (Wildman–Crippen LogP) is 2.49. The molecular formula is C18H28N2O2. The molecule has 1 aliphatic carbocycles. The van der Waals surface area contributed by atoms with E-state index in [4.69, 9.17) is 0 Å². The monoisotopic (exact) mass is 304 g/mol. The second-order valence-corrected chi connectivity index (χ2v) is 6.28. The van der Waals surface area contributed by atoms with Gasteiger partial charge in [0.1, 0.15) is 0 Å². The summed E-state index contributed by atoms with van der Waals surface area (Å²) in [6.45, 7) is 1.86. The molecule has 1 saturated carbocycles. The van der Waals surface area contributed by atoms with Crippen LogP contribution in [0.4, 0.5) is 0 Å². The van der Waals surface area contributed by atoms with E-state index in [0.717, 1.165) is 18.4 Å². The maximum absolute atomic E-state index is 12.6. The largest absolute Gasteiger partial charge is 0.394 e. The molecule has 0 heterocycles. The normalized spacial score (nSPS) is 18.7. The zero-order valence-corrected chi connectivity index (χ0v) is 13.7. The molecule has 1 amide bonds. The van der Waals surface area contributed by atoms with Crippen LogP contribution in [0.2, 0.25) is 0 Å². The Labute approximate surface area is 133 Å². The van der Waals surface area contributed by atoms with E-state index in [9.17, 15) is 9.90 Å². The van der Waals surface area contributed by atoms with Gasteiger partial charge in [-0.05, 0) is 25.3 Å². The van der Waals surface area contributed by atoms with Crippen molar-refractivity contribution in [1.29, 1.82) is 0 Å². The van der Waals surface area contributed by atoms with Gasteiger partial charge in [0, 0.05) is 13.1 Å². The van der Waals surface area contributed by atoms with Gasteiger partial charge in [-0.1, -0.05) is 49.6 Å². The minimum Gasteiger partial charge on any atom is -0.394 e. The van der Waals surface area contributed by atoms with Crippen LogP contribution < -0.4 is 5.32 Å². The van der Waals surface area contributed by atoms with Gasteiger partial charge < -0.3 is 10.0 Å². The number of nitrogens with zero attached hydrogens (tertiary/aromatic N) is 1. The predicted molar refractivity (Wildman–Crippen MR) is 88.5 cm³/mol. The van der Waals surface area contributed by atoms with Crippen molar-refractivity contribution in [3.63, 3.8) is 0 Å². The Morgan fingerprint density at radius 3 is 2.50 bits per heavy atom. The number of rotatable bonds is 6. The van der Waals surface area contributed by atoms with Crippen molar-refractivity contribution in [1.82, 2.24) is 10.2 Å². The van der Waals surface area contributed by atoms with E-state index in [2.05, 4.69) is 5.32 Å². The number of benzene rings is 1. The number of likely N-dealkylation sites (N-methyl/N-ethyl adjacent to an activating group) is 1. The van der Waals surface area contributed by atoms with Gasteiger partial charge >= 0.3 is 0 Å². The maximum Gasteiger partial charge on any atom is 0.239 e. The van der Waals surface area contributed by atoms with Gasteiger partial charge in [-0.2, -0.15) is 0 Å². The molecule has 1 fully saturated rings. The van der Waals surface area contributed by atoms with Crippen LogP contribution in [0.25, 0.3) is 0 Å². The number of aliphatic hydroxyl groups excluding tert-OH is 1. The molecule has 0 aliphatic heterocycles. The summed E-state index contributed by atoms with van der Waals surface area (Å²) < 4.78 is 0. The summed E-state index contributed by atoms with van der Waals surface area (Å²) in [6.07, 6.45) is 5.93. The standard InChI is InChI=1S/C18H28N2O2/c1-14(18(22)20(2)16-11-7-4-8-12-16)19-17(13-21)15-9-5-3-6-10-15/h3,5-6,9-10,14,16-17,19,21H,4,7-8,11-13H2,1-2H3/t14-,17+/m1/s1. The Morgan fingerprint density at radius 2 is 1.91 bits per heavy atom. The summed E-state index contributed by atoms with van der Waals surface area (Å²) in [5.41, 5.74) is 1.00. The minimum atomic E-state index is -0.302. The number of hydrogen-bond acceptors (Lipinski definition) is 3. The van der Waals surface area contributed by atoms with E-state index < -0.39 is 0 Å². The number of nitrogens with one attached hydrogen (secondary N) is 1. The molecule has 0 saturated heterocycles. The lowest BCUT2D eigenvalue weighted by atomic mass is 9.94. The molecule has 0 aromatic heterocycles. The number of carbonyl (C=O) groups is 1. The molecule has 1 aromatic carbocycles. The Morgan fingerprint density at radius 1 is 1.27 bits per heavy atom. The van der Waals surface area contributed by atoms with Crippen LogP contribution in [0, 0.1) is 0 Å². The van der Waals surface area contributed by atoms with Crippen LogP contribution >= 0.6 is 0 Å². The van der Waals surface area contributed by atoms with Crippen molar-refractivity contribution in [2.75, 3.05) is 13.7 Å². The third-order valence-electron chi connectivity index (χ3n) is 4.68. The van der Waals surface area contributed by atoms with Crippen LogP contribution in [-0.4, -0.2) is 41.7 Å². The average molecular weight is 304 g/mol. The zero-order chi connectivity index (χ0) is 15.9. The van der Waals surface area contributed by atoms with Crippen LogP contribution in [0.5, 0.6) is 0 Å². The molecule has 0 radical (unpaired) electrons. The smallest absolute Gasteiger partial charge is 0.239 e. The molecule has 2 atom stereocenters. The van der Waals surface area contributed by atoms with Crippen molar-refractivity contribution in [3.8, 4) is 0 Å². The molecule has 4 nitrogen and oxygen atoms in total. The van der Waals surface area contributed by atoms with Crippen LogP contribution in [0.3, 0.4) is 0 Å². The maximum atomic E-state index is 12.6. The Bertz CT molecular complexity index is 457. The number of carbonyl (C=O) groups excluding carboxylic acids is 1. The van der Waals surface area contributed by atoms with Gasteiger partial charge in [-0.25, -0.2) is 0 Å². The summed E-state index contributed by atoms with van der Waals surface area (Å²) in [4.78, 5) is 14.5. The van der Waals surface area contributed by atoms with Gasteiger partial charge in [-0.3, -0.25) is 10.1 Å². The van der Waals surface area contributed by atoms with E-state index in [1.807, 2.05) is 49.2 Å². The summed E-state index contributed by atoms with van der Waals surface area (Å²) in [6, 6.07) is 9.63. The summed E-state index contributed by atoms with van der Waals surface area (Å²) in [5, 5.41) is 12.9. The number of hydrogen-bond donors (Lipinski definition) is 2. The van der Waals surface area contributed by atoms with E-state index >= 15 is 0 Å². The van der Waals surface area contributed by atoms with Gasteiger partial charge in [0.15, 0.2) is 0 Å². The quantitative estimate of drug-likeness (QED) is 0.849. The van der Waals surface area contributed by atoms with Gasteiger partial charge in [-0.15, -0.1) is 0 Å². The first kappa shape index (κ1) is 17.0. The van der Waals surface area contributed by atoms with E-state index in [0.29, 0.717) is 6.04 Å². The Balaban J connectivity index is 1.94. The summed E-state index contributed by atoms with van der Waals surface area (Å²) >= 11 is 0. The highest BCUT2D eigenvalue weighted by atomic mass is 16.3. The fourth-order valence-corrected chi connectivity index (χ4v) is 3.27. The van der Waals surface area contributed by atoms with E-state index in [1.54, 1.807) is 0 Å². The van der Waals surface area contributed by atoms with Crippen LogP contribution in [0.1, 0.15) is 50.6 Å². The highest BCUT2D eigenvalue weighted by molar-refractivity contribution is 5.81. The van der Waals surface area contributed by atoms with E-state index in [-0.39, 0.29) is 24.6 Å². The molecular weight excluding hydrogens is 276 g/mol. The molecule has 2 rings (SSSR count). The van der Waals surface area contributed by atoms with Crippen molar-refractivity contribution >= 4 is 5.91 Å². The number of aliphatic hydroxyl groups is 1. The third-order valence-corrected chi connectivity index (χ3v) is 4.68. The van der Waals surface area contributed by atoms with Crippen LogP contribution in [-0.2, 0) is 4.79 Å². The average Bonchev–Trinajstić information content (AvgIpc) is 2.59. The third kappa shape index (κ3) is 4.31. The van der Waals surface area contributed by atoms with Crippen molar-refractivity contribution in [2.45, 2.75) is 57.2 Å². The molecule has 0 unspecified atom stereocenters. The lowest BCUT2D eigenvalue weighted by molar-refractivity contribution is -0.134. The first-order valence-electron chi connectivity index (χ1n) is 8.32. The second kappa shape index (κ2) is 8.30. The Hall–Kier alpha value is -1.39. The van der Waals surface area contributed by atoms with Gasteiger partial charge in [0.2, 0.25) is 5.91 Å². The highest BCUT2D eigenvalue weighted by Crippen LogP contribution is 2.22. The van der Waals surface area contributed by atoms with E-state index in [1.165, 1.54) is 19.3 Å². The molecule has 0 bridgehead atoms. The van der Waals surface area contributed by atoms with Gasteiger partial charge in [0.05, 0.1) is 18.7 Å². The molecule has 2 N–H and O–H groups in total. The first-order chi connectivity index (χ1) is 10.6. The topological polar surface area (TPSA) is 52.6 Å². The molecule has 122 valence electrons. The lowest BCUT2D eigenvalue weighted by Gasteiger charge is -2.34. The fraction of sp³-hybridized carbons (Fsp3) is 0.611. The van der Waals surface area contributed by atoms with Crippen molar-refractivity contribution in [3.05, 3.63) is 35.9 Å². The zero-order valence-electron chi connectivity index (χ0n) is 13.7. The Kier molecular flexibility index (Phi) is 6.40. The van der Waals surface area contributed by atoms with Gasteiger partial charge in [0.25, 0.3) is 0 Å². The second-order valence-electron chi connectivity index (χ2n) is 6.28.